The van der Waals surface area contributed by atoms with Crippen LogP contribution in [0, 0.1) is 0 Å². The summed E-state index contributed by atoms with van der Waals surface area (Å²) in [5, 5.41) is 3.41. The summed E-state index contributed by atoms with van der Waals surface area (Å²) in [5.41, 5.74) is 2.45. The number of anilines is 2. The minimum absolute atomic E-state index is 0.823. The topological polar surface area (TPSA) is 24.5 Å². The first-order chi connectivity index (χ1) is 8.43. The summed E-state index contributed by atoms with van der Waals surface area (Å²) in [6, 6.07) is 6.56. The molecule has 1 aromatic carbocycles. The van der Waals surface area contributed by atoms with E-state index < -0.39 is 0 Å². The molecule has 2 aliphatic rings. The molecule has 92 valence electrons. The quantitative estimate of drug-likeness (QED) is 0.805. The fourth-order valence-electron chi connectivity index (χ4n) is 2.60. The Morgan fingerprint density at radius 2 is 1.94 bits per heavy atom. The van der Waals surface area contributed by atoms with E-state index in [1.165, 1.54) is 38.0 Å². The van der Waals surface area contributed by atoms with Gasteiger partial charge in [0.15, 0.2) is 0 Å². The Labute approximate surface area is 103 Å². The minimum Gasteiger partial charge on any atom is -0.491 e. The van der Waals surface area contributed by atoms with Crippen LogP contribution in [-0.2, 0) is 0 Å². The second-order valence-corrected chi connectivity index (χ2v) is 4.86. The first-order valence-corrected chi connectivity index (χ1v) is 6.69. The van der Waals surface area contributed by atoms with E-state index in [0.29, 0.717) is 0 Å². The Balaban J connectivity index is 1.83. The van der Waals surface area contributed by atoms with Crippen LogP contribution < -0.4 is 15.0 Å². The van der Waals surface area contributed by atoms with Gasteiger partial charge in [-0.25, -0.2) is 0 Å². The van der Waals surface area contributed by atoms with Crippen molar-refractivity contribution in [3.8, 4) is 5.75 Å². The number of ether oxygens (including phenoxy) is 1. The molecule has 0 aliphatic carbocycles. The second kappa shape index (κ2) is 4.86. The van der Waals surface area contributed by atoms with Crippen molar-refractivity contribution in [3.05, 3.63) is 18.2 Å². The largest absolute Gasteiger partial charge is 0.491 e. The average Bonchev–Trinajstić information content (AvgIpc) is 2.64. The molecule has 3 rings (SSSR count). The Kier molecular flexibility index (Phi) is 3.08. The molecule has 0 saturated carbocycles. The van der Waals surface area contributed by atoms with Gasteiger partial charge in [-0.05, 0) is 37.8 Å². The lowest BCUT2D eigenvalue weighted by atomic mass is 10.1. The number of piperidine rings is 1. The SMILES string of the molecule is c1cc2c(cc1N1CCCCC1)OCCCN2. The zero-order valence-electron chi connectivity index (χ0n) is 10.2. The lowest BCUT2D eigenvalue weighted by Crippen LogP contribution is -2.29. The van der Waals surface area contributed by atoms with Gasteiger partial charge in [-0.15, -0.1) is 0 Å². The molecule has 1 saturated heterocycles. The van der Waals surface area contributed by atoms with Crippen molar-refractivity contribution in [1.29, 1.82) is 0 Å². The first kappa shape index (κ1) is 10.8. The third-order valence-corrected chi connectivity index (χ3v) is 3.58. The molecule has 1 fully saturated rings. The zero-order chi connectivity index (χ0) is 11.5. The maximum Gasteiger partial charge on any atom is 0.144 e. The molecule has 3 nitrogen and oxygen atoms in total. The van der Waals surface area contributed by atoms with Gasteiger partial charge in [0, 0.05) is 31.4 Å². The molecule has 0 radical (unpaired) electrons. The van der Waals surface area contributed by atoms with Gasteiger partial charge in [-0.3, -0.25) is 0 Å². The van der Waals surface area contributed by atoms with Crippen LogP contribution in [-0.4, -0.2) is 26.2 Å². The van der Waals surface area contributed by atoms with Crippen LogP contribution in [0.3, 0.4) is 0 Å². The molecule has 1 N–H and O–H groups in total. The molecular weight excluding hydrogens is 212 g/mol. The highest BCUT2D eigenvalue weighted by Crippen LogP contribution is 2.32. The molecule has 2 aliphatic heterocycles. The van der Waals surface area contributed by atoms with Crippen molar-refractivity contribution in [3.63, 3.8) is 0 Å². The highest BCUT2D eigenvalue weighted by Gasteiger charge is 2.14. The smallest absolute Gasteiger partial charge is 0.144 e. The molecule has 2 heterocycles. The second-order valence-electron chi connectivity index (χ2n) is 4.86. The van der Waals surface area contributed by atoms with E-state index >= 15 is 0 Å². The maximum absolute atomic E-state index is 5.79. The number of benzene rings is 1. The van der Waals surface area contributed by atoms with Gasteiger partial charge in [-0.1, -0.05) is 0 Å². The van der Waals surface area contributed by atoms with Gasteiger partial charge < -0.3 is 15.0 Å². The van der Waals surface area contributed by atoms with Crippen LogP contribution in [0.1, 0.15) is 25.7 Å². The van der Waals surface area contributed by atoms with E-state index in [2.05, 4.69) is 28.4 Å². The molecule has 1 aromatic rings. The van der Waals surface area contributed by atoms with Crippen molar-refractivity contribution < 1.29 is 4.74 Å². The Morgan fingerprint density at radius 3 is 2.82 bits per heavy atom. The van der Waals surface area contributed by atoms with E-state index in [1.807, 2.05) is 0 Å². The van der Waals surface area contributed by atoms with Gasteiger partial charge >= 0.3 is 0 Å². The first-order valence-electron chi connectivity index (χ1n) is 6.69. The summed E-state index contributed by atoms with van der Waals surface area (Å²) in [6.45, 7) is 4.21. The normalized spacial score (nSPS) is 19.9. The molecule has 0 amide bonds. The summed E-state index contributed by atoms with van der Waals surface area (Å²) in [5.74, 6) is 1.02. The van der Waals surface area contributed by atoms with Crippen molar-refractivity contribution in [2.75, 3.05) is 36.5 Å². The number of rotatable bonds is 1. The van der Waals surface area contributed by atoms with Crippen molar-refractivity contribution >= 4 is 11.4 Å². The van der Waals surface area contributed by atoms with Gasteiger partial charge in [0.2, 0.25) is 0 Å². The van der Waals surface area contributed by atoms with E-state index in [-0.39, 0.29) is 0 Å². The van der Waals surface area contributed by atoms with Gasteiger partial charge in [0.05, 0.1) is 12.3 Å². The van der Waals surface area contributed by atoms with Crippen molar-refractivity contribution in [1.82, 2.24) is 0 Å². The van der Waals surface area contributed by atoms with Crippen LogP contribution in [0.5, 0.6) is 5.75 Å². The van der Waals surface area contributed by atoms with Gasteiger partial charge in [0.1, 0.15) is 5.75 Å². The number of nitrogens with zero attached hydrogens (tertiary/aromatic N) is 1. The highest BCUT2D eigenvalue weighted by atomic mass is 16.5. The third-order valence-electron chi connectivity index (χ3n) is 3.58. The van der Waals surface area contributed by atoms with E-state index in [1.54, 1.807) is 0 Å². The summed E-state index contributed by atoms with van der Waals surface area (Å²) in [6.07, 6.45) is 5.08. The fraction of sp³-hybridized carbons (Fsp3) is 0.571. The van der Waals surface area contributed by atoms with E-state index in [4.69, 9.17) is 4.74 Å². The molecule has 3 heteroatoms. The number of fused-ring (bicyclic) bond motifs is 1. The summed E-state index contributed by atoms with van der Waals surface area (Å²) >= 11 is 0. The van der Waals surface area contributed by atoms with Crippen LogP contribution in [0.4, 0.5) is 11.4 Å². The van der Waals surface area contributed by atoms with E-state index in [0.717, 1.165) is 31.0 Å². The summed E-state index contributed by atoms with van der Waals surface area (Å²) in [7, 11) is 0. The standard InChI is InChI=1S/C14H20N2O/c1-2-8-16(9-3-1)12-5-6-13-14(11-12)17-10-4-7-15-13/h5-6,11,15H,1-4,7-10H2. The molecule has 0 atom stereocenters. The molecule has 0 unspecified atom stereocenters. The lowest BCUT2D eigenvalue weighted by Gasteiger charge is -2.29. The number of nitrogens with one attached hydrogen (secondary N) is 1. The van der Waals surface area contributed by atoms with Crippen molar-refractivity contribution in [2.24, 2.45) is 0 Å². The predicted octanol–water partition coefficient (Wildman–Crippen LogP) is 2.87. The van der Waals surface area contributed by atoms with Crippen molar-refractivity contribution in [2.45, 2.75) is 25.7 Å². The molecular formula is C14H20N2O. The zero-order valence-corrected chi connectivity index (χ0v) is 10.2. The minimum atomic E-state index is 0.823. The molecule has 0 spiro atoms. The van der Waals surface area contributed by atoms with Crippen LogP contribution in [0.25, 0.3) is 0 Å². The average molecular weight is 232 g/mol. The van der Waals surface area contributed by atoms with Crippen LogP contribution in [0.2, 0.25) is 0 Å². The Bertz CT molecular complexity index is 386. The van der Waals surface area contributed by atoms with Crippen LogP contribution >= 0.6 is 0 Å². The summed E-state index contributed by atoms with van der Waals surface area (Å²) in [4.78, 5) is 2.47. The monoisotopic (exact) mass is 232 g/mol. The summed E-state index contributed by atoms with van der Waals surface area (Å²) < 4.78 is 5.79. The fourth-order valence-corrected chi connectivity index (χ4v) is 2.60. The van der Waals surface area contributed by atoms with Gasteiger partial charge in [0.25, 0.3) is 0 Å². The highest BCUT2D eigenvalue weighted by molar-refractivity contribution is 5.65. The number of hydrogen-bond acceptors (Lipinski definition) is 3. The Morgan fingerprint density at radius 1 is 1.06 bits per heavy atom. The van der Waals surface area contributed by atoms with Crippen LogP contribution in [0.15, 0.2) is 18.2 Å². The Hall–Kier alpha value is -1.38. The molecule has 17 heavy (non-hydrogen) atoms. The third kappa shape index (κ3) is 2.33. The van der Waals surface area contributed by atoms with E-state index in [9.17, 15) is 0 Å². The molecule has 0 bridgehead atoms. The molecule has 0 aromatic heterocycles. The maximum atomic E-state index is 5.79. The predicted molar refractivity (Wildman–Crippen MR) is 71.1 cm³/mol. The van der Waals surface area contributed by atoms with Gasteiger partial charge in [-0.2, -0.15) is 0 Å². The lowest BCUT2D eigenvalue weighted by molar-refractivity contribution is 0.323. The number of hydrogen-bond donors (Lipinski definition) is 1.